The molecule has 0 radical (unpaired) electrons. The zero-order chi connectivity index (χ0) is 27.4. The number of nitrogens with one attached hydrogen (secondary N) is 2. The summed E-state index contributed by atoms with van der Waals surface area (Å²) >= 11 is 0. The fraction of sp³-hybridized carbons (Fsp3) is 0.273. The normalized spacial score (nSPS) is 18.4. The highest BCUT2D eigenvalue weighted by Crippen LogP contribution is 2.46. The van der Waals surface area contributed by atoms with Gasteiger partial charge in [-0.1, -0.05) is 21.6 Å². The molecule has 2 unspecified atom stereocenters. The largest absolute Gasteiger partial charge is 0.452 e. The number of hydrogen-bond donors (Lipinski definition) is 2. The predicted molar refractivity (Wildman–Crippen MR) is 133 cm³/mol. The third kappa shape index (κ3) is 6.38. The second-order valence-electron chi connectivity index (χ2n) is 8.05. The molecular formula is C22H18N4O10S2. The van der Waals surface area contributed by atoms with Crippen LogP contribution in [0.4, 0.5) is 22.7 Å². The first kappa shape index (κ1) is 26.9. The highest BCUT2D eigenvalue weighted by atomic mass is 33.1. The van der Waals surface area contributed by atoms with Crippen molar-refractivity contribution in [1.29, 1.82) is 0 Å². The zero-order valence-corrected chi connectivity index (χ0v) is 20.9. The minimum absolute atomic E-state index is 0.0944. The Balaban J connectivity index is 1.57. The molecule has 0 bridgehead atoms. The Morgan fingerprint density at radius 3 is 1.47 bits per heavy atom. The quantitative estimate of drug-likeness (QED) is 0.195. The number of anilines is 2. The van der Waals surface area contributed by atoms with E-state index in [0.717, 1.165) is 21.6 Å². The number of nitro groups is 2. The average Bonchev–Trinajstić information content (AvgIpc) is 3.52. The van der Waals surface area contributed by atoms with Gasteiger partial charge in [-0.3, -0.25) is 39.4 Å². The number of rotatable bonds is 9. The van der Waals surface area contributed by atoms with Crippen LogP contribution in [0, 0.1) is 20.2 Å². The van der Waals surface area contributed by atoms with Crippen molar-refractivity contribution in [2.24, 2.45) is 0 Å². The number of hydrogen-bond acceptors (Lipinski definition) is 12. The number of nitrogens with zero attached hydrogens (tertiary/aromatic N) is 2. The van der Waals surface area contributed by atoms with Crippen LogP contribution in [0.3, 0.4) is 0 Å². The van der Waals surface area contributed by atoms with E-state index in [4.69, 9.17) is 9.47 Å². The number of carbonyl (C=O) groups is 4. The van der Waals surface area contributed by atoms with E-state index in [9.17, 15) is 39.4 Å². The van der Waals surface area contributed by atoms with Crippen molar-refractivity contribution in [3.8, 4) is 0 Å². The number of carbonyl (C=O) groups excluding carboxylic acids is 4. The van der Waals surface area contributed by atoms with E-state index >= 15 is 0 Å². The Hall–Kier alpha value is -4.18. The predicted octanol–water partition coefficient (Wildman–Crippen LogP) is 3.59. The summed E-state index contributed by atoms with van der Waals surface area (Å²) in [6, 6.07) is 7.43. The summed E-state index contributed by atoms with van der Waals surface area (Å²) in [5.74, 6) is -2.23. The summed E-state index contributed by atoms with van der Waals surface area (Å²) in [7, 11) is 1.88. The van der Waals surface area contributed by atoms with Crippen molar-refractivity contribution >= 4 is 68.1 Å². The molecule has 2 aromatic carbocycles. The van der Waals surface area contributed by atoms with Crippen molar-refractivity contribution in [1.82, 2.24) is 0 Å². The Kier molecular flexibility index (Phi) is 8.11. The molecule has 0 aromatic heterocycles. The Bertz CT molecular complexity index is 1250. The lowest BCUT2D eigenvalue weighted by atomic mass is 10.2. The molecule has 14 nitrogen and oxygen atoms in total. The van der Waals surface area contributed by atoms with Crippen LogP contribution < -0.4 is 10.6 Å². The van der Waals surface area contributed by atoms with Crippen LogP contribution in [0.1, 0.15) is 25.7 Å². The molecule has 2 heterocycles. The fourth-order valence-corrected chi connectivity index (χ4v) is 5.83. The van der Waals surface area contributed by atoms with Crippen LogP contribution in [0.5, 0.6) is 0 Å². The summed E-state index contributed by atoms with van der Waals surface area (Å²) < 4.78 is 9.91. The second kappa shape index (κ2) is 11.5. The van der Waals surface area contributed by atoms with Crippen molar-refractivity contribution in [2.45, 2.75) is 47.7 Å². The molecule has 16 heteroatoms. The van der Waals surface area contributed by atoms with Crippen LogP contribution in [-0.4, -0.2) is 45.8 Å². The van der Waals surface area contributed by atoms with Gasteiger partial charge in [0.15, 0.2) is 12.2 Å². The second-order valence-corrected chi connectivity index (χ2v) is 10.3. The summed E-state index contributed by atoms with van der Waals surface area (Å²) in [6.07, 6.45) is -1.41. The van der Waals surface area contributed by atoms with Crippen molar-refractivity contribution in [3.63, 3.8) is 0 Å². The van der Waals surface area contributed by atoms with Gasteiger partial charge in [-0.2, -0.15) is 0 Å². The smallest absolute Gasteiger partial charge is 0.306 e. The lowest BCUT2D eigenvalue weighted by molar-refractivity contribution is -0.385. The number of amides is 2. The van der Waals surface area contributed by atoms with Crippen LogP contribution >= 0.6 is 21.6 Å². The molecule has 2 aromatic rings. The molecule has 4 rings (SSSR count). The molecule has 198 valence electrons. The Labute approximate surface area is 221 Å². The number of nitro benzene ring substituents is 2. The summed E-state index contributed by atoms with van der Waals surface area (Å²) in [4.78, 5) is 69.7. The van der Waals surface area contributed by atoms with Crippen LogP contribution in [0.25, 0.3) is 0 Å². The van der Waals surface area contributed by atoms with Gasteiger partial charge in [0.05, 0.1) is 21.2 Å². The Morgan fingerprint density at radius 1 is 0.763 bits per heavy atom. The van der Waals surface area contributed by atoms with Gasteiger partial charge in [0.25, 0.3) is 23.2 Å². The van der Waals surface area contributed by atoms with E-state index in [0.29, 0.717) is 0 Å². The highest BCUT2D eigenvalue weighted by Gasteiger charge is 2.31. The van der Waals surface area contributed by atoms with E-state index in [1.165, 1.54) is 36.4 Å². The topological polar surface area (TPSA) is 197 Å². The van der Waals surface area contributed by atoms with E-state index < -0.39 is 45.8 Å². The molecule has 0 saturated carbocycles. The first-order chi connectivity index (χ1) is 18.1. The van der Waals surface area contributed by atoms with Crippen molar-refractivity contribution < 1.29 is 38.5 Å². The van der Waals surface area contributed by atoms with Gasteiger partial charge in [0, 0.05) is 59.7 Å². The van der Waals surface area contributed by atoms with E-state index in [2.05, 4.69) is 10.6 Å². The van der Waals surface area contributed by atoms with Gasteiger partial charge in [-0.15, -0.1) is 0 Å². The highest BCUT2D eigenvalue weighted by molar-refractivity contribution is 8.76. The molecular weight excluding hydrogens is 544 g/mol. The summed E-state index contributed by atoms with van der Waals surface area (Å²) in [6.45, 7) is 0. The molecule has 2 aliphatic heterocycles. The third-order valence-electron chi connectivity index (χ3n) is 5.44. The van der Waals surface area contributed by atoms with Crippen LogP contribution in [-0.2, 0) is 28.7 Å². The molecule has 2 atom stereocenters. The van der Waals surface area contributed by atoms with Crippen LogP contribution in [0.15, 0.2) is 46.2 Å². The molecule has 38 heavy (non-hydrogen) atoms. The molecule has 2 amide bonds. The van der Waals surface area contributed by atoms with E-state index in [1.807, 2.05) is 0 Å². The maximum Gasteiger partial charge on any atom is 0.306 e. The Morgan fingerprint density at radius 2 is 1.16 bits per heavy atom. The van der Waals surface area contributed by atoms with Crippen LogP contribution in [0.2, 0.25) is 0 Å². The molecule has 0 aliphatic carbocycles. The number of esters is 2. The van der Waals surface area contributed by atoms with Gasteiger partial charge in [0.1, 0.15) is 0 Å². The van der Waals surface area contributed by atoms with Gasteiger partial charge < -0.3 is 20.1 Å². The number of benzene rings is 2. The molecule has 2 saturated heterocycles. The summed E-state index contributed by atoms with van der Waals surface area (Å²) in [5, 5.41) is 27.9. The first-order valence-electron chi connectivity index (χ1n) is 11.0. The lowest BCUT2D eigenvalue weighted by Gasteiger charge is -2.15. The number of non-ortho nitro benzene ring substituents is 2. The third-order valence-corrected chi connectivity index (χ3v) is 7.89. The van der Waals surface area contributed by atoms with E-state index in [-0.39, 0.29) is 58.2 Å². The lowest BCUT2D eigenvalue weighted by Crippen LogP contribution is -2.27. The average molecular weight is 563 g/mol. The van der Waals surface area contributed by atoms with E-state index in [1.54, 1.807) is 0 Å². The van der Waals surface area contributed by atoms with Crippen molar-refractivity contribution in [3.05, 3.63) is 56.6 Å². The first-order valence-corrected chi connectivity index (χ1v) is 13.2. The zero-order valence-electron chi connectivity index (χ0n) is 19.2. The SMILES string of the molecule is O=C1CCC(C(=O)Nc2ccc([N+](=O)[O-])cc2SSc2cc([N+](=O)[O-])ccc2NC(=O)C2CCC(=O)O2)O1. The maximum atomic E-state index is 12.6. The maximum absolute atomic E-state index is 12.6. The minimum Gasteiger partial charge on any atom is -0.452 e. The van der Waals surface area contributed by atoms with Crippen molar-refractivity contribution in [2.75, 3.05) is 10.6 Å². The fourth-order valence-electron chi connectivity index (χ4n) is 3.53. The monoisotopic (exact) mass is 562 g/mol. The number of cyclic esters (lactones) is 2. The standard InChI is InChI=1S/C22H18N4O10S2/c27-19-7-5-15(35-19)21(29)23-13-3-1-11(25(31)32)9-17(13)37-38-18-10-12(26(33)34)2-4-14(18)24-22(30)16-6-8-20(28)36-16/h1-4,9-10,15-16H,5-8H2,(H,23,29)(H,24,30). The summed E-state index contributed by atoms with van der Waals surface area (Å²) in [5.41, 5.74) is -0.159. The molecule has 2 N–H and O–H groups in total. The number of ether oxygens (including phenoxy) is 2. The molecule has 2 fully saturated rings. The minimum atomic E-state index is -0.994. The van der Waals surface area contributed by atoms with Gasteiger partial charge in [0.2, 0.25) is 0 Å². The molecule has 2 aliphatic rings. The molecule has 0 spiro atoms. The van der Waals surface area contributed by atoms with Gasteiger partial charge in [-0.05, 0) is 12.1 Å². The van der Waals surface area contributed by atoms with Gasteiger partial charge >= 0.3 is 11.9 Å². The van der Waals surface area contributed by atoms with Gasteiger partial charge in [-0.25, -0.2) is 0 Å².